The third kappa shape index (κ3) is 4.30. The zero-order valence-electron chi connectivity index (χ0n) is 17.7. The van der Waals surface area contributed by atoms with Crippen LogP contribution in [0, 0.1) is 0 Å². The second-order valence-electron chi connectivity index (χ2n) is 10.3. The Morgan fingerprint density at radius 1 is 0.875 bits per heavy atom. The van der Waals surface area contributed by atoms with Gasteiger partial charge in [0.2, 0.25) is 0 Å². The van der Waals surface area contributed by atoms with E-state index in [0.29, 0.717) is 10.1 Å². The van der Waals surface area contributed by atoms with E-state index in [0.717, 1.165) is 6.54 Å². The molecule has 0 aliphatic rings. The van der Waals surface area contributed by atoms with E-state index in [1.807, 2.05) is 6.08 Å². The molecule has 0 amide bonds. The van der Waals surface area contributed by atoms with Crippen molar-refractivity contribution >= 4 is 22.5 Å². The third-order valence-electron chi connectivity index (χ3n) is 5.83. The fraction of sp³-hybridized carbons (Fsp3) is 0.619. The highest BCUT2D eigenvalue weighted by Crippen LogP contribution is 2.54. The highest BCUT2D eigenvalue weighted by Gasteiger charge is 2.55. The molecule has 0 radical (unpaired) electrons. The smallest absolute Gasteiger partial charge is 0.129 e. The van der Waals surface area contributed by atoms with Crippen molar-refractivity contribution in [1.29, 1.82) is 0 Å². The minimum absolute atomic E-state index is 0.326. The quantitative estimate of drug-likeness (QED) is 0.504. The summed E-state index contributed by atoms with van der Waals surface area (Å²) in [6.07, 6.45) is 1.92. The lowest BCUT2D eigenvalue weighted by Gasteiger charge is -2.60. The minimum Gasteiger partial charge on any atom is -0.341 e. The summed E-state index contributed by atoms with van der Waals surface area (Å²) in [7, 11) is -3.22. The van der Waals surface area contributed by atoms with Crippen LogP contribution in [0.4, 0.5) is 0 Å². The van der Waals surface area contributed by atoms with Crippen LogP contribution in [0.5, 0.6) is 0 Å². The predicted molar refractivity (Wildman–Crippen MR) is 116 cm³/mol. The molecular weight excluding hydrogens is 322 g/mol. The van der Waals surface area contributed by atoms with E-state index < -0.39 is 16.5 Å². The molecule has 0 unspecified atom stereocenters. The second kappa shape index (κ2) is 6.93. The van der Waals surface area contributed by atoms with Crippen LogP contribution in [0.1, 0.15) is 52.7 Å². The summed E-state index contributed by atoms with van der Waals surface area (Å²) in [6, 6.07) is 8.95. The summed E-state index contributed by atoms with van der Waals surface area (Å²) < 4.78 is 2.98. The first-order valence-electron chi connectivity index (χ1n) is 9.14. The highest BCUT2D eigenvalue weighted by atomic mass is 28.4. The van der Waals surface area contributed by atoms with E-state index in [1.165, 1.54) is 11.1 Å². The lowest BCUT2D eigenvalue weighted by Crippen LogP contribution is -2.69. The maximum Gasteiger partial charge on any atom is 0.129 e. The van der Waals surface area contributed by atoms with Gasteiger partial charge in [-0.05, 0) is 21.2 Å². The van der Waals surface area contributed by atoms with Crippen molar-refractivity contribution in [2.24, 2.45) is 0 Å². The van der Waals surface area contributed by atoms with E-state index in [9.17, 15) is 0 Å². The maximum absolute atomic E-state index is 3.87. The number of hydrogen-bond acceptors (Lipinski definition) is 1. The van der Waals surface area contributed by atoms with Crippen molar-refractivity contribution in [3.05, 3.63) is 42.0 Å². The standard InChI is InChI=1S/C21H39NSi2/c1-12-18-13-15-19(16-14-18)17-22(23(8,9)10)24(11,20(2,3)4)21(5,6)7/h12-16H,1,17H2,2-11H3. The molecule has 0 atom stereocenters. The normalized spacial score (nSPS) is 14.1. The first kappa shape index (κ1) is 21.4. The Bertz CT molecular complexity index is 539. The molecule has 3 heteroatoms. The Kier molecular flexibility index (Phi) is 6.18. The lowest BCUT2D eigenvalue weighted by molar-refractivity contribution is 0.482. The summed E-state index contributed by atoms with van der Waals surface area (Å²) in [5.41, 5.74) is 2.63. The Balaban J connectivity index is 3.41. The van der Waals surface area contributed by atoms with Crippen LogP contribution < -0.4 is 0 Å². The molecule has 0 N–H and O–H groups in total. The summed E-state index contributed by atoms with van der Waals surface area (Å²) in [4.78, 5) is 0. The molecule has 1 rings (SSSR count). The van der Waals surface area contributed by atoms with Gasteiger partial charge in [-0.2, -0.15) is 0 Å². The molecule has 0 bridgehead atoms. The Morgan fingerprint density at radius 3 is 1.58 bits per heavy atom. The van der Waals surface area contributed by atoms with Crippen LogP contribution in [0.2, 0.25) is 36.3 Å². The van der Waals surface area contributed by atoms with Gasteiger partial charge in [-0.15, -0.1) is 0 Å². The van der Waals surface area contributed by atoms with Gasteiger partial charge in [-0.3, -0.25) is 0 Å². The van der Waals surface area contributed by atoms with Gasteiger partial charge in [-0.1, -0.05) is 105 Å². The van der Waals surface area contributed by atoms with Gasteiger partial charge in [-0.25, -0.2) is 0 Å². The molecule has 0 spiro atoms. The Morgan fingerprint density at radius 2 is 1.29 bits per heavy atom. The predicted octanol–water partition coefficient (Wildman–Crippen LogP) is 7.14. The van der Waals surface area contributed by atoms with Gasteiger partial charge < -0.3 is 4.23 Å². The molecule has 0 saturated carbocycles. The van der Waals surface area contributed by atoms with Gasteiger partial charge in [0.15, 0.2) is 0 Å². The van der Waals surface area contributed by atoms with E-state index in [1.54, 1.807) is 0 Å². The van der Waals surface area contributed by atoms with Crippen molar-refractivity contribution in [3.8, 4) is 0 Å². The molecule has 0 aliphatic heterocycles. The SMILES string of the molecule is C=Cc1ccc(CN([Si](C)(C)C)[Si](C)(C(C)(C)C)C(C)(C)C)cc1. The molecule has 0 saturated heterocycles. The first-order chi connectivity index (χ1) is 10.6. The van der Waals surface area contributed by atoms with Gasteiger partial charge in [0.1, 0.15) is 16.5 Å². The fourth-order valence-electron chi connectivity index (χ4n) is 3.94. The van der Waals surface area contributed by atoms with Gasteiger partial charge in [0.05, 0.1) is 0 Å². The molecule has 1 nitrogen and oxygen atoms in total. The van der Waals surface area contributed by atoms with Gasteiger partial charge in [0, 0.05) is 6.54 Å². The van der Waals surface area contributed by atoms with Crippen molar-refractivity contribution < 1.29 is 0 Å². The fourth-order valence-corrected chi connectivity index (χ4v) is 16.3. The lowest BCUT2D eigenvalue weighted by atomic mass is 10.1. The van der Waals surface area contributed by atoms with Crippen LogP contribution in [-0.2, 0) is 6.54 Å². The minimum atomic E-state index is -1.75. The van der Waals surface area contributed by atoms with E-state index in [-0.39, 0.29) is 0 Å². The second-order valence-corrected chi connectivity index (χ2v) is 21.3. The van der Waals surface area contributed by atoms with E-state index in [2.05, 4.69) is 103 Å². The number of benzene rings is 1. The van der Waals surface area contributed by atoms with Crippen molar-refractivity contribution in [2.75, 3.05) is 0 Å². The average molecular weight is 362 g/mol. The molecule has 0 aliphatic carbocycles. The van der Waals surface area contributed by atoms with E-state index in [4.69, 9.17) is 0 Å². The topological polar surface area (TPSA) is 3.24 Å². The van der Waals surface area contributed by atoms with Crippen LogP contribution in [0.15, 0.2) is 30.8 Å². The van der Waals surface area contributed by atoms with Crippen molar-refractivity contribution in [1.82, 2.24) is 4.23 Å². The Labute approximate surface area is 153 Å². The average Bonchev–Trinajstić information content (AvgIpc) is 2.41. The molecule has 24 heavy (non-hydrogen) atoms. The monoisotopic (exact) mass is 361 g/mol. The van der Waals surface area contributed by atoms with Crippen LogP contribution in [0.25, 0.3) is 6.08 Å². The zero-order valence-corrected chi connectivity index (χ0v) is 19.7. The van der Waals surface area contributed by atoms with Crippen LogP contribution in [-0.4, -0.2) is 20.7 Å². The number of hydrogen-bond donors (Lipinski definition) is 0. The summed E-state index contributed by atoms with van der Waals surface area (Å²) >= 11 is 0. The maximum atomic E-state index is 3.87. The molecule has 0 aromatic heterocycles. The third-order valence-corrected chi connectivity index (χ3v) is 18.0. The number of rotatable bonds is 5. The summed E-state index contributed by atoms with van der Waals surface area (Å²) in [5.74, 6) is 0. The molecular formula is C21H39NSi2. The number of nitrogens with zero attached hydrogens (tertiary/aromatic N) is 1. The van der Waals surface area contributed by atoms with Gasteiger partial charge in [0.25, 0.3) is 0 Å². The van der Waals surface area contributed by atoms with E-state index >= 15 is 0 Å². The molecule has 0 fully saturated rings. The first-order valence-corrected chi connectivity index (χ1v) is 15.0. The molecule has 136 valence electrons. The zero-order chi connectivity index (χ0) is 19.0. The largest absolute Gasteiger partial charge is 0.341 e. The summed E-state index contributed by atoms with van der Waals surface area (Å²) in [5, 5.41) is 0.652. The van der Waals surface area contributed by atoms with Gasteiger partial charge >= 0.3 is 0 Å². The summed E-state index contributed by atoms with van der Waals surface area (Å²) in [6.45, 7) is 29.8. The van der Waals surface area contributed by atoms with Crippen molar-refractivity contribution in [3.63, 3.8) is 0 Å². The van der Waals surface area contributed by atoms with Crippen LogP contribution >= 0.6 is 0 Å². The highest BCUT2D eigenvalue weighted by molar-refractivity contribution is 6.93. The molecule has 1 aromatic carbocycles. The molecule has 1 aromatic rings. The molecule has 0 heterocycles. The van der Waals surface area contributed by atoms with Crippen molar-refractivity contribution in [2.45, 2.75) is 84.4 Å². The van der Waals surface area contributed by atoms with Crippen LogP contribution in [0.3, 0.4) is 0 Å². The Hall–Kier alpha value is -0.646.